The standard InChI is InChI=1S/C14H20ClNO2/c15-12-5-6-14(17)11(9-12)10-16-7-8-18-13-3-1-2-4-13/h5-6,9,13,16-17H,1-4,7-8,10H2. The fraction of sp³-hybridized carbons (Fsp3) is 0.571. The maximum atomic E-state index is 9.63. The second-order valence-corrected chi connectivity index (χ2v) is 5.16. The summed E-state index contributed by atoms with van der Waals surface area (Å²) < 4.78 is 5.74. The van der Waals surface area contributed by atoms with Gasteiger partial charge in [0.2, 0.25) is 0 Å². The van der Waals surface area contributed by atoms with E-state index >= 15 is 0 Å². The van der Waals surface area contributed by atoms with E-state index < -0.39 is 0 Å². The summed E-state index contributed by atoms with van der Waals surface area (Å²) in [6.07, 6.45) is 5.47. The number of phenols is 1. The first-order valence-electron chi connectivity index (χ1n) is 6.55. The number of hydrogen-bond donors (Lipinski definition) is 2. The zero-order chi connectivity index (χ0) is 12.8. The second kappa shape index (κ2) is 6.98. The van der Waals surface area contributed by atoms with Crippen LogP contribution < -0.4 is 5.32 Å². The van der Waals surface area contributed by atoms with Crippen LogP contribution in [0.2, 0.25) is 5.02 Å². The van der Waals surface area contributed by atoms with E-state index in [1.54, 1.807) is 18.2 Å². The topological polar surface area (TPSA) is 41.5 Å². The van der Waals surface area contributed by atoms with Crippen LogP contribution in [0, 0.1) is 0 Å². The maximum Gasteiger partial charge on any atom is 0.120 e. The molecule has 1 fully saturated rings. The van der Waals surface area contributed by atoms with Gasteiger partial charge in [-0.05, 0) is 31.0 Å². The monoisotopic (exact) mass is 269 g/mol. The van der Waals surface area contributed by atoms with Crippen molar-refractivity contribution in [2.45, 2.75) is 38.3 Å². The molecule has 0 amide bonds. The number of halogens is 1. The number of benzene rings is 1. The summed E-state index contributed by atoms with van der Waals surface area (Å²) in [7, 11) is 0. The van der Waals surface area contributed by atoms with E-state index in [1.807, 2.05) is 0 Å². The van der Waals surface area contributed by atoms with Crippen LogP contribution in [0.15, 0.2) is 18.2 Å². The normalized spacial score (nSPS) is 16.3. The van der Waals surface area contributed by atoms with Gasteiger partial charge in [-0.25, -0.2) is 0 Å². The van der Waals surface area contributed by atoms with Crippen molar-refractivity contribution in [3.8, 4) is 5.75 Å². The highest BCUT2D eigenvalue weighted by molar-refractivity contribution is 6.30. The Morgan fingerprint density at radius 2 is 2.11 bits per heavy atom. The van der Waals surface area contributed by atoms with Gasteiger partial charge in [-0.3, -0.25) is 0 Å². The molecule has 0 heterocycles. The Hall–Kier alpha value is -0.770. The molecule has 0 unspecified atom stereocenters. The van der Waals surface area contributed by atoms with E-state index in [4.69, 9.17) is 16.3 Å². The van der Waals surface area contributed by atoms with Gasteiger partial charge in [0.15, 0.2) is 0 Å². The van der Waals surface area contributed by atoms with Gasteiger partial charge in [0, 0.05) is 23.7 Å². The first-order valence-corrected chi connectivity index (χ1v) is 6.93. The SMILES string of the molecule is Oc1ccc(Cl)cc1CNCCOC1CCCC1. The summed E-state index contributed by atoms with van der Waals surface area (Å²) in [4.78, 5) is 0. The Morgan fingerprint density at radius 3 is 2.89 bits per heavy atom. The fourth-order valence-corrected chi connectivity index (χ4v) is 2.47. The number of aromatic hydroxyl groups is 1. The quantitative estimate of drug-likeness (QED) is 0.780. The Balaban J connectivity index is 1.64. The van der Waals surface area contributed by atoms with Gasteiger partial charge < -0.3 is 15.2 Å². The molecule has 0 aliphatic heterocycles. The van der Waals surface area contributed by atoms with Gasteiger partial charge in [-0.1, -0.05) is 24.4 Å². The lowest BCUT2D eigenvalue weighted by atomic mass is 10.2. The minimum Gasteiger partial charge on any atom is -0.508 e. The third-order valence-electron chi connectivity index (χ3n) is 3.29. The van der Waals surface area contributed by atoms with Crippen molar-refractivity contribution >= 4 is 11.6 Å². The minimum absolute atomic E-state index is 0.281. The van der Waals surface area contributed by atoms with Crippen LogP contribution >= 0.6 is 11.6 Å². The number of phenolic OH excluding ortho intramolecular Hbond substituents is 1. The first kappa shape index (κ1) is 13.7. The molecule has 1 saturated carbocycles. The number of ether oxygens (including phenoxy) is 1. The van der Waals surface area contributed by atoms with Crippen molar-refractivity contribution in [2.75, 3.05) is 13.2 Å². The van der Waals surface area contributed by atoms with E-state index in [1.165, 1.54) is 25.7 Å². The number of rotatable bonds is 6. The molecule has 0 spiro atoms. The van der Waals surface area contributed by atoms with Crippen LogP contribution in [0.25, 0.3) is 0 Å². The molecule has 18 heavy (non-hydrogen) atoms. The van der Waals surface area contributed by atoms with Crippen molar-refractivity contribution in [3.05, 3.63) is 28.8 Å². The number of hydrogen-bond acceptors (Lipinski definition) is 3. The van der Waals surface area contributed by atoms with Crippen molar-refractivity contribution in [2.24, 2.45) is 0 Å². The predicted octanol–water partition coefficient (Wildman–Crippen LogP) is 3.09. The number of nitrogens with one attached hydrogen (secondary N) is 1. The van der Waals surface area contributed by atoms with Gasteiger partial charge >= 0.3 is 0 Å². The molecular formula is C14H20ClNO2. The third kappa shape index (κ3) is 4.16. The van der Waals surface area contributed by atoms with E-state index in [2.05, 4.69) is 5.32 Å². The van der Waals surface area contributed by atoms with E-state index in [9.17, 15) is 5.11 Å². The lowest BCUT2D eigenvalue weighted by Gasteiger charge is -2.12. The molecule has 100 valence electrons. The summed E-state index contributed by atoms with van der Waals surface area (Å²) >= 11 is 5.88. The van der Waals surface area contributed by atoms with Crippen LogP contribution in [0.1, 0.15) is 31.2 Å². The van der Waals surface area contributed by atoms with Gasteiger partial charge in [-0.2, -0.15) is 0 Å². The highest BCUT2D eigenvalue weighted by atomic mass is 35.5. The minimum atomic E-state index is 0.281. The summed E-state index contributed by atoms with van der Waals surface area (Å²) in [5.74, 6) is 0.281. The summed E-state index contributed by atoms with van der Waals surface area (Å²) in [5, 5.41) is 13.5. The van der Waals surface area contributed by atoms with Crippen LogP contribution in [0.5, 0.6) is 5.75 Å². The molecule has 0 atom stereocenters. The Morgan fingerprint density at radius 1 is 1.33 bits per heavy atom. The predicted molar refractivity (Wildman–Crippen MR) is 73.0 cm³/mol. The molecule has 3 nitrogen and oxygen atoms in total. The van der Waals surface area contributed by atoms with Gasteiger partial charge in [0.25, 0.3) is 0 Å². The van der Waals surface area contributed by atoms with Crippen molar-refractivity contribution in [3.63, 3.8) is 0 Å². The lowest BCUT2D eigenvalue weighted by molar-refractivity contribution is 0.0602. The molecule has 1 aromatic carbocycles. The zero-order valence-corrected chi connectivity index (χ0v) is 11.2. The zero-order valence-electron chi connectivity index (χ0n) is 10.5. The van der Waals surface area contributed by atoms with Crippen LogP contribution in [-0.4, -0.2) is 24.4 Å². The first-order chi connectivity index (χ1) is 8.75. The van der Waals surface area contributed by atoms with Crippen LogP contribution in [-0.2, 0) is 11.3 Å². The average molecular weight is 270 g/mol. The molecule has 0 bridgehead atoms. The molecule has 4 heteroatoms. The summed E-state index contributed by atoms with van der Waals surface area (Å²) in [6.45, 7) is 2.13. The molecule has 2 rings (SSSR count). The van der Waals surface area contributed by atoms with Crippen molar-refractivity contribution < 1.29 is 9.84 Å². The van der Waals surface area contributed by atoms with Crippen molar-refractivity contribution in [1.82, 2.24) is 5.32 Å². The van der Waals surface area contributed by atoms with E-state index in [0.29, 0.717) is 17.7 Å². The molecule has 2 N–H and O–H groups in total. The maximum absolute atomic E-state index is 9.63. The Kier molecular flexibility index (Phi) is 5.29. The van der Waals surface area contributed by atoms with Crippen LogP contribution in [0.3, 0.4) is 0 Å². The molecule has 1 aliphatic rings. The molecule has 1 aromatic rings. The molecule has 1 aliphatic carbocycles. The summed E-state index contributed by atoms with van der Waals surface area (Å²) in [5.41, 5.74) is 0.823. The molecule has 0 saturated heterocycles. The van der Waals surface area contributed by atoms with Crippen LogP contribution in [0.4, 0.5) is 0 Å². The highest BCUT2D eigenvalue weighted by Gasteiger charge is 2.14. The Labute approximate surface area is 113 Å². The fourth-order valence-electron chi connectivity index (χ4n) is 2.27. The average Bonchev–Trinajstić information content (AvgIpc) is 2.86. The van der Waals surface area contributed by atoms with Crippen molar-refractivity contribution in [1.29, 1.82) is 0 Å². The Bertz CT molecular complexity index is 378. The van der Waals surface area contributed by atoms with Gasteiger partial charge in [-0.15, -0.1) is 0 Å². The second-order valence-electron chi connectivity index (χ2n) is 4.73. The van der Waals surface area contributed by atoms with E-state index in [0.717, 1.165) is 18.7 Å². The lowest BCUT2D eigenvalue weighted by Crippen LogP contribution is -2.21. The smallest absolute Gasteiger partial charge is 0.120 e. The summed E-state index contributed by atoms with van der Waals surface area (Å²) in [6, 6.07) is 5.08. The largest absolute Gasteiger partial charge is 0.508 e. The van der Waals surface area contributed by atoms with Gasteiger partial charge in [0.05, 0.1) is 12.7 Å². The van der Waals surface area contributed by atoms with E-state index in [-0.39, 0.29) is 5.75 Å². The third-order valence-corrected chi connectivity index (χ3v) is 3.53. The van der Waals surface area contributed by atoms with Gasteiger partial charge in [0.1, 0.15) is 5.75 Å². The molecule has 0 aromatic heterocycles. The highest BCUT2D eigenvalue weighted by Crippen LogP contribution is 2.21. The molecular weight excluding hydrogens is 250 g/mol. The molecule has 0 radical (unpaired) electrons.